The topological polar surface area (TPSA) is 52.7 Å². The maximum absolute atomic E-state index is 9.56. The van der Waals surface area contributed by atoms with Crippen LogP contribution in [0.15, 0.2) is 0 Å². The smallest absolute Gasteiger partial charge is 0.0601 e. The molecular formula is C14H31N3O. The summed E-state index contributed by atoms with van der Waals surface area (Å²) >= 11 is 0. The van der Waals surface area contributed by atoms with Crippen molar-refractivity contribution in [1.29, 1.82) is 0 Å². The van der Waals surface area contributed by atoms with Crippen LogP contribution in [0, 0.1) is 11.8 Å². The molecule has 0 spiro atoms. The van der Waals surface area contributed by atoms with Gasteiger partial charge in [0.1, 0.15) is 0 Å². The second-order valence-corrected chi connectivity index (χ2v) is 6.26. The molecule has 1 heterocycles. The van der Waals surface area contributed by atoms with Crippen LogP contribution in [0.4, 0.5) is 0 Å². The van der Waals surface area contributed by atoms with Crippen molar-refractivity contribution >= 4 is 0 Å². The lowest BCUT2D eigenvalue weighted by Crippen LogP contribution is -2.52. The van der Waals surface area contributed by atoms with Crippen molar-refractivity contribution in [2.45, 2.75) is 38.8 Å². The van der Waals surface area contributed by atoms with Gasteiger partial charge < -0.3 is 15.7 Å². The molecule has 2 unspecified atom stereocenters. The van der Waals surface area contributed by atoms with Crippen molar-refractivity contribution in [3.05, 3.63) is 0 Å². The highest BCUT2D eigenvalue weighted by molar-refractivity contribution is 4.84. The zero-order valence-corrected chi connectivity index (χ0v) is 12.5. The van der Waals surface area contributed by atoms with E-state index in [1.54, 1.807) is 0 Å². The fourth-order valence-corrected chi connectivity index (χ4v) is 2.79. The summed E-state index contributed by atoms with van der Waals surface area (Å²) in [6.07, 6.45) is 2.52. The van der Waals surface area contributed by atoms with Gasteiger partial charge in [0.25, 0.3) is 0 Å². The first-order valence-corrected chi connectivity index (χ1v) is 7.21. The summed E-state index contributed by atoms with van der Waals surface area (Å²) in [6.45, 7) is 7.84. The van der Waals surface area contributed by atoms with Crippen LogP contribution in [0.25, 0.3) is 0 Å². The van der Waals surface area contributed by atoms with E-state index in [-0.39, 0.29) is 18.7 Å². The third-order valence-electron chi connectivity index (χ3n) is 4.35. The molecule has 3 N–H and O–H groups in total. The fraction of sp³-hybridized carbons (Fsp3) is 1.00. The van der Waals surface area contributed by atoms with Crippen molar-refractivity contribution in [3.63, 3.8) is 0 Å². The minimum absolute atomic E-state index is 0.0475. The fourth-order valence-electron chi connectivity index (χ4n) is 2.79. The van der Waals surface area contributed by atoms with Crippen molar-refractivity contribution in [1.82, 2.24) is 9.80 Å². The number of hydrogen-bond acceptors (Lipinski definition) is 4. The van der Waals surface area contributed by atoms with E-state index in [1.807, 2.05) is 0 Å². The first kappa shape index (κ1) is 15.9. The predicted octanol–water partition coefficient (Wildman–Crippen LogP) is 0.604. The summed E-state index contributed by atoms with van der Waals surface area (Å²) in [4.78, 5) is 4.65. The van der Waals surface area contributed by atoms with Gasteiger partial charge in [-0.1, -0.05) is 13.8 Å². The lowest BCUT2D eigenvalue weighted by Gasteiger charge is -2.37. The summed E-state index contributed by atoms with van der Waals surface area (Å²) in [6, 6.07) is 0.135. The number of aliphatic hydroxyl groups is 1. The average molecular weight is 257 g/mol. The van der Waals surface area contributed by atoms with E-state index in [9.17, 15) is 5.11 Å². The van der Waals surface area contributed by atoms with E-state index in [1.165, 1.54) is 25.9 Å². The van der Waals surface area contributed by atoms with Gasteiger partial charge in [-0.15, -0.1) is 0 Å². The number of rotatable bonds is 6. The van der Waals surface area contributed by atoms with Crippen molar-refractivity contribution < 1.29 is 5.11 Å². The molecule has 1 fully saturated rings. The zero-order chi connectivity index (χ0) is 13.7. The number of nitrogens with zero attached hydrogens (tertiary/aromatic N) is 2. The maximum atomic E-state index is 9.56. The number of likely N-dealkylation sites (tertiary alicyclic amines) is 1. The van der Waals surface area contributed by atoms with Crippen LogP contribution in [0.2, 0.25) is 0 Å². The Balaban J connectivity index is 2.44. The lowest BCUT2D eigenvalue weighted by molar-refractivity contribution is 0.0856. The lowest BCUT2D eigenvalue weighted by atomic mass is 9.93. The molecule has 2 atom stereocenters. The normalized spacial score (nSPS) is 22.7. The first-order valence-electron chi connectivity index (χ1n) is 7.21. The predicted molar refractivity (Wildman–Crippen MR) is 76.5 cm³/mol. The van der Waals surface area contributed by atoms with Gasteiger partial charge in [-0.3, -0.25) is 4.90 Å². The van der Waals surface area contributed by atoms with Crippen LogP contribution in [0.3, 0.4) is 0 Å². The second-order valence-electron chi connectivity index (χ2n) is 6.26. The molecule has 0 amide bonds. The molecule has 0 aromatic rings. The van der Waals surface area contributed by atoms with E-state index in [0.717, 1.165) is 12.5 Å². The third-order valence-corrected chi connectivity index (χ3v) is 4.35. The van der Waals surface area contributed by atoms with Crippen LogP contribution in [-0.4, -0.2) is 67.3 Å². The third kappa shape index (κ3) is 4.50. The van der Waals surface area contributed by atoms with Gasteiger partial charge in [0.2, 0.25) is 0 Å². The molecule has 0 saturated carbocycles. The standard InChI is InChI=1S/C14H31N3O/c1-11(2)14(15)13(10-18)17(4)9-12-5-7-16(3)8-6-12/h11-14,18H,5-10,15H2,1-4H3. The van der Waals surface area contributed by atoms with E-state index in [0.29, 0.717) is 5.92 Å². The van der Waals surface area contributed by atoms with Gasteiger partial charge in [-0.05, 0) is 51.9 Å². The SMILES string of the molecule is CC(C)C(N)C(CO)N(C)CC1CCN(C)CC1. The Hall–Kier alpha value is -0.160. The molecule has 4 heteroatoms. The highest BCUT2D eigenvalue weighted by Gasteiger charge is 2.26. The van der Waals surface area contributed by atoms with Crippen LogP contribution < -0.4 is 5.73 Å². The van der Waals surface area contributed by atoms with Crippen LogP contribution in [0.1, 0.15) is 26.7 Å². The number of aliphatic hydroxyl groups excluding tert-OH is 1. The second kappa shape index (κ2) is 7.43. The Morgan fingerprint density at radius 2 is 1.89 bits per heavy atom. The molecule has 108 valence electrons. The highest BCUT2D eigenvalue weighted by Crippen LogP contribution is 2.19. The molecule has 4 nitrogen and oxygen atoms in total. The summed E-state index contributed by atoms with van der Waals surface area (Å²) in [5, 5.41) is 9.56. The number of piperidine rings is 1. The molecule has 0 aromatic heterocycles. The molecule has 0 aliphatic carbocycles. The van der Waals surface area contributed by atoms with Crippen LogP contribution in [0.5, 0.6) is 0 Å². The molecule has 0 aromatic carbocycles. The quantitative estimate of drug-likeness (QED) is 0.732. The van der Waals surface area contributed by atoms with Crippen LogP contribution >= 0.6 is 0 Å². The Bertz CT molecular complexity index is 227. The monoisotopic (exact) mass is 257 g/mol. The zero-order valence-electron chi connectivity index (χ0n) is 12.5. The summed E-state index contributed by atoms with van der Waals surface area (Å²) in [5.41, 5.74) is 6.19. The van der Waals surface area contributed by atoms with Gasteiger partial charge >= 0.3 is 0 Å². The number of hydrogen-bond donors (Lipinski definition) is 2. The summed E-state index contributed by atoms with van der Waals surface area (Å²) in [5.74, 6) is 1.15. The van der Waals surface area contributed by atoms with Crippen LogP contribution in [-0.2, 0) is 0 Å². The largest absolute Gasteiger partial charge is 0.395 e. The maximum Gasteiger partial charge on any atom is 0.0601 e. The molecule has 1 rings (SSSR count). The minimum Gasteiger partial charge on any atom is -0.395 e. The molecule has 0 radical (unpaired) electrons. The number of likely N-dealkylation sites (N-methyl/N-ethyl adjacent to an activating group) is 1. The van der Waals surface area contributed by atoms with Crippen molar-refractivity contribution in [2.75, 3.05) is 40.3 Å². The molecule has 18 heavy (non-hydrogen) atoms. The van der Waals surface area contributed by atoms with E-state index < -0.39 is 0 Å². The Kier molecular flexibility index (Phi) is 6.57. The molecule has 1 aliphatic heterocycles. The molecular weight excluding hydrogens is 226 g/mol. The minimum atomic E-state index is 0.0475. The molecule has 1 saturated heterocycles. The van der Waals surface area contributed by atoms with Crippen molar-refractivity contribution in [3.8, 4) is 0 Å². The van der Waals surface area contributed by atoms with Gasteiger partial charge in [0.05, 0.1) is 6.61 Å². The Morgan fingerprint density at radius 1 is 1.33 bits per heavy atom. The van der Waals surface area contributed by atoms with E-state index >= 15 is 0 Å². The molecule has 0 bridgehead atoms. The van der Waals surface area contributed by atoms with E-state index in [2.05, 4.69) is 37.7 Å². The van der Waals surface area contributed by atoms with Crippen molar-refractivity contribution in [2.24, 2.45) is 17.6 Å². The molecule has 1 aliphatic rings. The highest BCUT2D eigenvalue weighted by atomic mass is 16.3. The van der Waals surface area contributed by atoms with Gasteiger partial charge in [0, 0.05) is 18.6 Å². The average Bonchev–Trinajstić information content (AvgIpc) is 2.32. The number of nitrogens with two attached hydrogens (primary N) is 1. The van der Waals surface area contributed by atoms with Gasteiger partial charge in [-0.2, -0.15) is 0 Å². The summed E-state index contributed by atoms with van der Waals surface area (Å²) < 4.78 is 0. The van der Waals surface area contributed by atoms with Gasteiger partial charge in [0.15, 0.2) is 0 Å². The first-order chi connectivity index (χ1) is 8.45. The van der Waals surface area contributed by atoms with Gasteiger partial charge in [-0.25, -0.2) is 0 Å². The summed E-state index contributed by atoms with van der Waals surface area (Å²) in [7, 11) is 4.28. The van der Waals surface area contributed by atoms with E-state index in [4.69, 9.17) is 5.73 Å². The Labute approximate surface area is 112 Å². The Morgan fingerprint density at radius 3 is 2.33 bits per heavy atom.